The van der Waals surface area contributed by atoms with Gasteiger partial charge in [-0.25, -0.2) is 0 Å². The number of phenolic OH excluding ortho intramolecular Hbond substituents is 1. The summed E-state index contributed by atoms with van der Waals surface area (Å²) in [5.74, 6) is 0.157. The van der Waals surface area contributed by atoms with E-state index >= 15 is 0 Å². The van der Waals surface area contributed by atoms with Gasteiger partial charge >= 0.3 is 0 Å². The van der Waals surface area contributed by atoms with Crippen molar-refractivity contribution in [2.45, 2.75) is 12.8 Å². The van der Waals surface area contributed by atoms with Crippen LogP contribution in [0, 0.1) is 0 Å². The second-order valence-corrected chi connectivity index (χ2v) is 7.51. The van der Waals surface area contributed by atoms with Gasteiger partial charge < -0.3 is 10.4 Å². The standard InChI is InChI=1S/C22H19N3O2S/c26-18-7-1-4-15(13-18)5-2-11-24-22-25-21(27)20(28-22)14-16-8-9-19-17(12-16)6-3-10-23-19/h1,3-4,6-10,12-14,26H,2,5,11H2,(H,24,25,27). The van der Waals surface area contributed by atoms with E-state index in [4.69, 9.17) is 0 Å². The van der Waals surface area contributed by atoms with Crippen LogP contribution in [0.25, 0.3) is 17.0 Å². The molecule has 28 heavy (non-hydrogen) atoms. The first-order valence-electron chi connectivity index (χ1n) is 9.05. The number of carbonyl (C=O) groups is 1. The molecule has 0 unspecified atom stereocenters. The summed E-state index contributed by atoms with van der Waals surface area (Å²) in [4.78, 5) is 21.7. The molecule has 6 heteroatoms. The van der Waals surface area contributed by atoms with Crippen LogP contribution in [0.15, 0.2) is 70.7 Å². The third kappa shape index (κ3) is 4.40. The number of aryl methyl sites for hydroxylation is 1. The number of aromatic nitrogens is 1. The van der Waals surface area contributed by atoms with E-state index in [-0.39, 0.29) is 11.7 Å². The van der Waals surface area contributed by atoms with Crippen LogP contribution in [0.2, 0.25) is 0 Å². The summed E-state index contributed by atoms with van der Waals surface area (Å²) >= 11 is 1.36. The second-order valence-electron chi connectivity index (χ2n) is 6.48. The first kappa shape index (κ1) is 18.3. The van der Waals surface area contributed by atoms with E-state index in [9.17, 15) is 9.90 Å². The fourth-order valence-corrected chi connectivity index (χ4v) is 3.86. The number of carbonyl (C=O) groups excluding carboxylic acids is 1. The van der Waals surface area contributed by atoms with Crippen LogP contribution >= 0.6 is 11.8 Å². The van der Waals surface area contributed by atoms with E-state index in [1.165, 1.54) is 11.8 Å². The number of amides is 1. The highest BCUT2D eigenvalue weighted by Crippen LogP contribution is 2.27. The SMILES string of the molecule is O=C1NC(=NCCCc2cccc(O)c2)SC1=Cc1ccc2ncccc2c1. The predicted molar refractivity (Wildman–Crippen MR) is 114 cm³/mol. The molecule has 140 valence electrons. The van der Waals surface area contributed by atoms with E-state index in [0.29, 0.717) is 16.6 Å². The maximum Gasteiger partial charge on any atom is 0.264 e. The van der Waals surface area contributed by atoms with Crippen LogP contribution in [-0.4, -0.2) is 27.7 Å². The van der Waals surface area contributed by atoms with Gasteiger partial charge in [0.1, 0.15) is 5.75 Å². The summed E-state index contributed by atoms with van der Waals surface area (Å²) in [6.07, 6.45) is 5.32. The number of nitrogens with one attached hydrogen (secondary N) is 1. The van der Waals surface area contributed by atoms with E-state index < -0.39 is 0 Å². The lowest BCUT2D eigenvalue weighted by Gasteiger charge is -2.00. The molecule has 0 bridgehead atoms. The molecule has 4 rings (SSSR count). The number of fused-ring (bicyclic) bond motifs is 1. The molecule has 0 spiro atoms. The number of aromatic hydroxyl groups is 1. The molecule has 2 N–H and O–H groups in total. The monoisotopic (exact) mass is 389 g/mol. The van der Waals surface area contributed by atoms with Gasteiger partial charge in [-0.3, -0.25) is 14.8 Å². The normalized spacial score (nSPS) is 16.8. The third-order valence-electron chi connectivity index (χ3n) is 4.37. The van der Waals surface area contributed by atoms with Gasteiger partial charge in [0.2, 0.25) is 0 Å². The van der Waals surface area contributed by atoms with Gasteiger partial charge in [0, 0.05) is 18.1 Å². The molecule has 1 aliphatic heterocycles. The lowest BCUT2D eigenvalue weighted by molar-refractivity contribution is -0.115. The second kappa shape index (κ2) is 8.27. The molecular formula is C22H19N3O2S. The number of hydrogen-bond donors (Lipinski definition) is 2. The largest absolute Gasteiger partial charge is 0.508 e. The molecule has 5 nitrogen and oxygen atoms in total. The summed E-state index contributed by atoms with van der Waals surface area (Å²) in [6.45, 7) is 0.618. The van der Waals surface area contributed by atoms with Crippen molar-refractivity contribution in [2.75, 3.05) is 6.54 Å². The van der Waals surface area contributed by atoms with Crippen molar-refractivity contribution in [3.63, 3.8) is 0 Å². The van der Waals surface area contributed by atoms with Gasteiger partial charge in [-0.2, -0.15) is 0 Å². The number of hydrogen-bond acceptors (Lipinski definition) is 5. The van der Waals surface area contributed by atoms with Gasteiger partial charge in [-0.05, 0) is 72.1 Å². The van der Waals surface area contributed by atoms with E-state index in [1.54, 1.807) is 18.3 Å². The lowest BCUT2D eigenvalue weighted by Crippen LogP contribution is -2.20. The number of rotatable bonds is 5. The third-order valence-corrected chi connectivity index (χ3v) is 5.31. The van der Waals surface area contributed by atoms with Crippen molar-refractivity contribution in [1.29, 1.82) is 0 Å². The van der Waals surface area contributed by atoms with Crippen LogP contribution in [0.4, 0.5) is 0 Å². The maximum absolute atomic E-state index is 12.2. The van der Waals surface area contributed by atoms with Crippen LogP contribution in [0.1, 0.15) is 17.5 Å². The highest BCUT2D eigenvalue weighted by Gasteiger charge is 2.23. The predicted octanol–water partition coefficient (Wildman–Crippen LogP) is 4.13. The molecule has 3 aromatic rings. The molecular weight excluding hydrogens is 370 g/mol. The minimum Gasteiger partial charge on any atom is -0.508 e. The number of nitrogens with zero attached hydrogens (tertiary/aromatic N) is 2. The van der Waals surface area contributed by atoms with E-state index in [1.807, 2.05) is 48.5 Å². The topological polar surface area (TPSA) is 74.6 Å². The van der Waals surface area contributed by atoms with Crippen LogP contribution in [0.3, 0.4) is 0 Å². The number of amidine groups is 1. The Bertz CT molecular complexity index is 1090. The first-order valence-corrected chi connectivity index (χ1v) is 9.87. The molecule has 1 fully saturated rings. The van der Waals surface area contributed by atoms with Gasteiger partial charge in [-0.1, -0.05) is 24.3 Å². The van der Waals surface area contributed by atoms with Crippen molar-refractivity contribution in [3.05, 3.63) is 76.8 Å². The Hall–Kier alpha value is -3.12. The number of thioether (sulfide) groups is 1. The Balaban J connectivity index is 1.38. The van der Waals surface area contributed by atoms with Crippen LogP contribution in [0.5, 0.6) is 5.75 Å². The first-order chi connectivity index (χ1) is 13.7. The average molecular weight is 389 g/mol. The summed E-state index contributed by atoms with van der Waals surface area (Å²) in [7, 11) is 0. The van der Waals surface area contributed by atoms with Gasteiger partial charge in [0.15, 0.2) is 5.17 Å². The molecule has 1 aliphatic rings. The van der Waals surface area contributed by atoms with E-state index in [0.717, 1.165) is 34.9 Å². The molecule has 0 radical (unpaired) electrons. The Morgan fingerprint density at radius 3 is 2.96 bits per heavy atom. The molecule has 2 heterocycles. The van der Waals surface area contributed by atoms with Crippen molar-refractivity contribution >= 4 is 39.8 Å². The summed E-state index contributed by atoms with van der Waals surface area (Å²) < 4.78 is 0. The number of pyridine rings is 1. The highest BCUT2D eigenvalue weighted by molar-refractivity contribution is 8.18. The number of benzene rings is 2. The number of aliphatic imine (C=N–C) groups is 1. The Morgan fingerprint density at radius 2 is 2.07 bits per heavy atom. The minimum atomic E-state index is -0.122. The molecule has 1 aromatic heterocycles. The lowest BCUT2D eigenvalue weighted by atomic mass is 10.1. The van der Waals surface area contributed by atoms with Crippen LogP contribution < -0.4 is 5.32 Å². The average Bonchev–Trinajstić information content (AvgIpc) is 3.04. The Kier molecular flexibility index (Phi) is 5.39. The Labute approximate surface area is 167 Å². The van der Waals surface area contributed by atoms with Gasteiger partial charge in [-0.15, -0.1) is 0 Å². The van der Waals surface area contributed by atoms with Gasteiger partial charge in [0.25, 0.3) is 5.91 Å². The fraction of sp³-hybridized carbons (Fsp3) is 0.136. The minimum absolute atomic E-state index is 0.122. The summed E-state index contributed by atoms with van der Waals surface area (Å²) in [5.41, 5.74) is 2.97. The zero-order chi connectivity index (χ0) is 19.3. The molecule has 2 aromatic carbocycles. The maximum atomic E-state index is 12.2. The van der Waals surface area contributed by atoms with E-state index in [2.05, 4.69) is 15.3 Å². The van der Waals surface area contributed by atoms with Crippen molar-refractivity contribution in [1.82, 2.24) is 10.3 Å². The summed E-state index contributed by atoms with van der Waals surface area (Å²) in [6, 6.07) is 17.1. The molecule has 1 saturated heterocycles. The molecule has 1 amide bonds. The fourth-order valence-electron chi connectivity index (χ4n) is 3.01. The quantitative estimate of drug-likeness (QED) is 0.508. The van der Waals surface area contributed by atoms with Gasteiger partial charge in [0.05, 0.1) is 10.4 Å². The molecule has 0 saturated carbocycles. The number of phenols is 1. The molecule has 0 atom stereocenters. The van der Waals surface area contributed by atoms with Crippen LogP contribution in [-0.2, 0) is 11.2 Å². The van der Waals surface area contributed by atoms with Crippen molar-refractivity contribution < 1.29 is 9.90 Å². The smallest absolute Gasteiger partial charge is 0.264 e. The highest BCUT2D eigenvalue weighted by atomic mass is 32.2. The van der Waals surface area contributed by atoms with Crippen molar-refractivity contribution in [2.24, 2.45) is 4.99 Å². The zero-order valence-corrected chi connectivity index (χ0v) is 15.9. The summed E-state index contributed by atoms with van der Waals surface area (Å²) in [5, 5.41) is 14.0. The molecule has 0 aliphatic carbocycles. The van der Waals surface area contributed by atoms with Crippen molar-refractivity contribution in [3.8, 4) is 5.75 Å². The zero-order valence-electron chi connectivity index (χ0n) is 15.1. The Morgan fingerprint density at radius 1 is 1.14 bits per heavy atom.